The first-order valence-electron chi connectivity index (χ1n) is 10.1. The van der Waals surface area contributed by atoms with E-state index >= 15 is 0 Å². The van der Waals surface area contributed by atoms with Crippen LogP contribution < -0.4 is 20.7 Å². The SMILES string of the molecule is CCS(=O)(=O)c1ccc(Cl)cc1CNC(=O)c1cc(OC(F)(F)F)cc(N2CC[C@@H](N)C2)c1. The third-order valence-electron chi connectivity index (χ3n) is 5.15. The maximum absolute atomic E-state index is 12.8. The highest BCUT2D eigenvalue weighted by Crippen LogP contribution is 2.30. The number of amides is 1. The average molecular weight is 506 g/mol. The standard InChI is InChI=1S/C21H23ClF3N3O4S/c1-2-33(30,31)19-4-3-15(22)7-14(19)11-27-20(29)13-8-17(28-6-5-16(26)12-28)10-18(9-13)32-21(23,24)25/h3-4,7-10,16H,2,5-6,11-12,26H2,1H3,(H,27,29)/t16-/m1/s1. The first kappa shape index (κ1) is 25.1. The Morgan fingerprint density at radius 1 is 1.27 bits per heavy atom. The highest BCUT2D eigenvalue weighted by Gasteiger charge is 2.32. The van der Waals surface area contributed by atoms with Crippen molar-refractivity contribution in [3.05, 3.63) is 52.5 Å². The molecule has 1 amide bonds. The van der Waals surface area contributed by atoms with Gasteiger partial charge in [0.1, 0.15) is 5.75 Å². The minimum atomic E-state index is -4.93. The van der Waals surface area contributed by atoms with E-state index < -0.39 is 27.9 Å². The Morgan fingerprint density at radius 2 is 2.00 bits per heavy atom. The normalized spacial score (nSPS) is 16.7. The molecule has 0 aromatic heterocycles. The van der Waals surface area contributed by atoms with Crippen molar-refractivity contribution in [3.63, 3.8) is 0 Å². The van der Waals surface area contributed by atoms with Crippen LogP contribution >= 0.6 is 11.6 Å². The smallest absolute Gasteiger partial charge is 0.406 e. The van der Waals surface area contributed by atoms with Gasteiger partial charge in [-0.2, -0.15) is 0 Å². The molecule has 1 saturated heterocycles. The van der Waals surface area contributed by atoms with Crippen LogP contribution in [0.25, 0.3) is 0 Å². The van der Waals surface area contributed by atoms with Crippen LogP contribution in [0, 0.1) is 0 Å². The van der Waals surface area contributed by atoms with E-state index in [1.807, 2.05) is 0 Å². The van der Waals surface area contributed by atoms with Crippen LogP contribution in [-0.4, -0.2) is 45.6 Å². The van der Waals surface area contributed by atoms with Crippen LogP contribution in [0.4, 0.5) is 18.9 Å². The van der Waals surface area contributed by atoms with E-state index in [2.05, 4.69) is 10.1 Å². The lowest BCUT2D eigenvalue weighted by Crippen LogP contribution is -2.28. The fourth-order valence-electron chi connectivity index (χ4n) is 3.53. The molecule has 1 aliphatic heterocycles. The van der Waals surface area contributed by atoms with Crippen molar-refractivity contribution in [2.45, 2.75) is 37.2 Å². The molecule has 1 fully saturated rings. The van der Waals surface area contributed by atoms with Gasteiger partial charge in [0.15, 0.2) is 9.84 Å². The average Bonchev–Trinajstić information content (AvgIpc) is 3.16. The molecule has 0 saturated carbocycles. The molecule has 0 aliphatic carbocycles. The van der Waals surface area contributed by atoms with Crippen molar-refractivity contribution in [1.82, 2.24) is 5.32 Å². The molecule has 7 nitrogen and oxygen atoms in total. The topological polar surface area (TPSA) is 102 Å². The van der Waals surface area contributed by atoms with Gasteiger partial charge in [0.25, 0.3) is 5.91 Å². The summed E-state index contributed by atoms with van der Waals surface area (Å²) in [7, 11) is -3.58. The van der Waals surface area contributed by atoms with Crippen molar-refractivity contribution in [3.8, 4) is 5.75 Å². The summed E-state index contributed by atoms with van der Waals surface area (Å²) in [4.78, 5) is 14.6. The lowest BCUT2D eigenvalue weighted by Gasteiger charge is -2.21. The number of nitrogens with zero attached hydrogens (tertiary/aromatic N) is 1. The highest BCUT2D eigenvalue weighted by molar-refractivity contribution is 7.91. The molecule has 33 heavy (non-hydrogen) atoms. The first-order chi connectivity index (χ1) is 15.4. The monoisotopic (exact) mass is 505 g/mol. The van der Waals surface area contributed by atoms with Gasteiger partial charge in [-0.15, -0.1) is 13.2 Å². The highest BCUT2D eigenvalue weighted by atomic mass is 35.5. The van der Waals surface area contributed by atoms with Gasteiger partial charge < -0.3 is 20.7 Å². The molecule has 3 N–H and O–H groups in total. The molecule has 180 valence electrons. The third-order valence-corrected chi connectivity index (χ3v) is 7.22. The molecule has 0 bridgehead atoms. The maximum Gasteiger partial charge on any atom is 0.573 e. The van der Waals surface area contributed by atoms with E-state index in [1.165, 1.54) is 37.3 Å². The van der Waals surface area contributed by atoms with E-state index in [-0.39, 0.29) is 39.4 Å². The molecule has 1 atom stereocenters. The predicted molar refractivity (Wildman–Crippen MR) is 118 cm³/mol. The van der Waals surface area contributed by atoms with Crippen LogP contribution in [-0.2, 0) is 16.4 Å². The number of halogens is 4. The lowest BCUT2D eigenvalue weighted by molar-refractivity contribution is -0.274. The summed E-state index contributed by atoms with van der Waals surface area (Å²) in [6.07, 6.45) is -4.27. The fraction of sp³-hybridized carbons (Fsp3) is 0.381. The Labute approximate surface area is 194 Å². The van der Waals surface area contributed by atoms with E-state index in [0.717, 1.165) is 6.07 Å². The molecule has 12 heteroatoms. The number of nitrogens with one attached hydrogen (secondary N) is 1. The number of nitrogens with two attached hydrogens (primary N) is 1. The molecule has 3 rings (SSSR count). The fourth-order valence-corrected chi connectivity index (χ4v) is 4.85. The Hall–Kier alpha value is -2.50. The van der Waals surface area contributed by atoms with Gasteiger partial charge >= 0.3 is 6.36 Å². The second-order valence-electron chi connectivity index (χ2n) is 7.60. The zero-order chi connectivity index (χ0) is 24.4. The number of hydrogen-bond donors (Lipinski definition) is 2. The number of sulfone groups is 1. The number of alkyl halides is 3. The zero-order valence-corrected chi connectivity index (χ0v) is 19.2. The van der Waals surface area contributed by atoms with Gasteiger partial charge in [0.05, 0.1) is 10.6 Å². The summed E-state index contributed by atoms with van der Waals surface area (Å²) in [6, 6.07) is 7.70. The minimum Gasteiger partial charge on any atom is -0.406 e. The molecular formula is C21H23ClF3N3O4S. The van der Waals surface area contributed by atoms with Crippen molar-refractivity contribution in [2.75, 3.05) is 23.7 Å². The number of benzene rings is 2. The Morgan fingerprint density at radius 3 is 2.61 bits per heavy atom. The number of carbonyl (C=O) groups is 1. The number of carbonyl (C=O) groups excluding carboxylic acids is 1. The predicted octanol–water partition coefficient (Wildman–Crippen LogP) is 3.50. The molecule has 0 spiro atoms. The van der Waals surface area contributed by atoms with Gasteiger partial charge in [-0.1, -0.05) is 18.5 Å². The summed E-state index contributed by atoms with van der Waals surface area (Å²) in [5, 5.41) is 2.83. The first-order valence-corrected chi connectivity index (χ1v) is 12.1. The van der Waals surface area contributed by atoms with Crippen molar-refractivity contribution in [2.24, 2.45) is 5.73 Å². The van der Waals surface area contributed by atoms with Gasteiger partial charge in [-0.25, -0.2) is 8.42 Å². The van der Waals surface area contributed by atoms with Crippen molar-refractivity contribution in [1.29, 1.82) is 0 Å². The summed E-state index contributed by atoms with van der Waals surface area (Å²) < 4.78 is 67.2. The van der Waals surface area contributed by atoms with Crippen molar-refractivity contribution >= 4 is 33.0 Å². The van der Waals surface area contributed by atoms with Crippen LogP contribution in [0.5, 0.6) is 5.75 Å². The summed E-state index contributed by atoms with van der Waals surface area (Å²) in [5.41, 5.74) is 6.46. The summed E-state index contributed by atoms with van der Waals surface area (Å²) >= 11 is 5.98. The van der Waals surface area contributed by atoms with Crippen LogP contribution in [0.15, 0.2) is 41.3 Å². The van der Waals surface area contributed by atoms with E-state index in [4.69, 9.17) is 17.3 Å². The lowest BCUT2D eigenvalue weighted by atomic mass is 10.1. The maximum atomic E-state index is 12.8. The molecule has 1 heterocycles. The van der Waals surface area contributed by atoms with Crippen LogP contribution in [0.1, 0.15) is 29.3 Å². The third kappa shape index (κ3) is 6.52. The second-order valence-corrected chi connectivity index (χ2v) is 10.3. The van der Waals surface area contributed by atoms with Crippen LogP contribution in [0.2, 0.25) is 5.02 Å². The molecule has 1 aliphatic rings. The molecule has 0 radical (unpaired) electrons. The Kier molecular flexibility index (Phi) is 7.45. The number of hydrogen-bond acceptors (Lipinski definition) is 6. The van der Waals surface area contributed by atoms with E-state index in [0.29, 0.717) is 25.2 Å². The molecule has 0 unspecified atom stereocenters. The zero-order valence-electron chi connectivity index (χ0n) is 17.7. The van der Waals surface area contributed by atoms with Crippen LogP contribution in [0.3, 0.4) is 0 Å². The number of rotatable bonds is 7. The largest absolute Gasteiger partial charge is 0.573 e. The molecular weight excluding hydrogens is 483 g/mol. The second kappa shape index (κ2) is 9.78. The van der Waals surface area contributed by atoms with Gasteiger partial charge in [0.2, 0.25) is 0 Å². The van der Waals surface area contributed by atoms with Crippen molar-refractivity contribution < 1.29 is 31.1 Å². The number of anilines is 1. The van der Waals surface area contributed by atoms with Gasteiger partial charge in [0, 0.05) is 48.0 Å². The minimum absolute atomic E-state index is 0.0237. The Bertz CT molecular complexity index is 1140. The Balaban J connectivity index is 1.88. The quantitative estimate of drug-likeness (QED) is 0.597. The van der Waals surface area contributed by atoms with E-state index in [1.54, 1.807) is 4.90 Å². The number of ether oxygens (including phenoxy) is 1. The van der Waals surface area contributed by atoms with E-state index in [9.17, 15) is 26.4 Å². The van der Waals surface area contributed by atoms with Gasteiger partial charge in [-0.05, 0) is 42.3 Å². The molecule has 2 aromatic carbocycles. The summed E-state index contributed by atoms with van der Waals surface area (Å²) in [6.45, 7) is 2.25. The summed E-state index contributed by atoms with van der Waals surface area (Å²) in [5.74, 6) is -1.39. The van der Waals surface area contributed by atoms with Gasteiger partial charge in [-0.3, -0.25) is 4.79 Å². The molecule has 2 aromatic rings.